The van der Waals surface area contributed by atoms with Gasteiger partial charge in [0.05, 0.1) is 16.1 Å². The molecule has 0 fully saturated rings. The van der Waals surface area contributed by atoms with E-state index in [0.29, 0.717) is 11.3 Å². The molecule has 0 aliphatic carbocycles. The van der Waals surface area contributed by atoms with Crippen LogP contribution in [0.5, 0.6) is 0 Å². The third kappa shape index (κ3) is 4.22. The predicted molar refractivity (Wildman–Crippen MR) is 130 cm³/mol. The van der Waals surface area contributed by atoms with E-state index in [-0.39, 0.29) is 4.90 Å². The molecule has 4 aromatic carbocycles. The van der Waals surface area contributed by atoms with E-state index < -0.39 is 15.7 Å². The molecule has 32 heavy (non-hydrogen) atoms. The average molecular weight is 445 g/mol. The van der Waals surface area contributed by atoms with Crippen molar-refractivity contribution in [1.82, 2.24) is 0 Å². The number of amides is 1. The molecule has 3 N–H and O–H groups in total. The van der Waals surface area contributed by atoms with Crippen LogP contribution in [-0.2, 0) is 9.84 Å². The fourth-order valence-corrected chi connectivity index (χ4v) is 4.34. The highest BCUT2D eigenvalue weighted by atomic mass is 32.2. The summed E-state index contributed by atoms with van der Waals surface area (Å²) in [6.07, 6.45) is 1.19. The minimum absolute atomic E-state index is 0.285. The van der Waals surface area contributed by atoms with Crippen molar-refractivity contribution in [2.45, 2.75) is 18.7 Å². The lowest BCUT2D eigenvalue weighted by Gasteiger charge is -2.15. The Hall–Kier alpha value is -3.64. The van der Waals surface area contributed by atoms with Crippen molar-refractivity contribution in [2.75, 3.05) is 11.6 Å². The van der Waals surface area contributed by atoms with Gasteiger partial charge in [-0.1, -0.05) is 36.4 Å². The summed E-state index contributed by atoms with van der Waals surface area (Å²) in [5, 5.41) is 5.19. The molecule has 6 heteroatoms. The number of nitrogens with two attached hydrogens (primary N) is 1. The van der Waals surface area contributed by atoms with Gasteiger partial charge in [0.15, 0.2) is 9.84 Å². The minimum Gasteiger partial charge on any atom is -0.366 e. The molecule has 5 nitrogen and oxygen atoms in total. The van der Waals surface area contributed by atoms with Crippen molar-refractivity contribution in [3.8, 4) is 11.1 Å². The molecular formula is C26H24N2O3S. The first-order valence-electron chi connectivity index (χ1n) is 10.1. The summed E-state index contributed by atoms with van der Waals surface area (Å²) in [5.41, 5.74) is 11.8. The van der Waals surface area contributed by atoms with E-state index in [9.17, 15) is 13.2 Å². The van der Waals surface area contributed by atoms with Crippen LogP contribution in [0.15, 0.2) is 77.7 Å². The van der Waals surface area contributed by atoms with Crippen molar-refractivity contribution in [3.63, 3.8) is 0 Å². The first-order chi connectivity index (χ1) is 15.1. The number of fused-ring (bicyclic) bond motifs is 1. The van der Waals surface area contributed by atoms with Gasteiger partial charge in [-0.2, -0.15) is 0 Å². The van der Waals surface area contributed by atoms with E-state index in [4.69, 9.17) is 5.73 Å². The van der Waals surface area contributed by atoms with Crippen molar-refractivity contribution >= 4 is 37.9 Å². The number of carbonyl (C=O) groups excluding carboxylic acids is 1. The highest BCUT2D eigenvalue weighted by Crippen LogP contribution is 2.34. The number of benzene rings is 4. The molecule has 0 spiro atoms. The average Bonchev–Trinajstić information content (AvgIpc) is 2.75. The van der Waals surface area contributed by atoms with E-state index in [1.807, 2.05) is 49.4 Å². The van der Waals surface area contributed by atoms with Crippen LogP contribution in [0, 0.1) is 13.8 Å². The molecule has 0 saturated heterocycles. The number of sulfone groups is 1. The van der Waals surface area contributed by atoms with Crippen molar-refractivity contribution < 1.29 is 13.2 Å². The van der Waals surface area contributed by atoms with Gasteiger partial charge in [0, 0.05) is 17.3 Å². The molecular weight excluding hydrogens is 420 g/mol. The van der Waals surface area contributed by atoms with Crippen LogP contribution in [0.2, 0.25) is 0 Å². The molecule has 0 aromatic heterocycles. The lowest BCUT2D eigenvalue weighted by atomic mass is 9.98. The molecule has 0 heterocycles. The number of rotatable bonds is 5. The fraction of sp³-hybridized carbons (Fsp3) is 0.115. The summed E-state index contributed by atoms with van der Waals surface area (Å²) in [5.74, 6) is -0.501. The zero-order valence-electron chi connectivity index (χ0n) is 18.1. The van der Waals surface area contributed by atoms with E-state index in [2.05, 4.69) is 12.2 Å². The van der Waals surface area contributed by atoms with Crippen molar-refractivity contribution in [2.24, 2.45) is 5.73 Å². The lowest BCUT2D eigenvalue weighted by Crippen LogP contribution is -2.13. The normalized spacial score (nSPS) is 11.5. The topological polar surface area (TPSA) is 89.3 Å². The molecule has 0 saturated carbocycles. The van der Waals surface area contributed by atoms with Gasteiger partial charge in [-0.3, -0.25) is 4.79 Å². The molecule has 1 amide bonds. The quantitative estimate of drug-likeness (QED) is 0.433. The molecule has 0 unspecified atom stereocenters. The van der Waals surface area contributed by atoms with Crippen LogP contribution in [-0.4, -0.2) is 20.6 Å². The fourth-order valence-electron chi connectivity index (χ4n) is 3.71. The summed E-state index contributed by atoms with van der Waals surface area (Å²) in [6, 6.07) is 22.4. The first-order valence-corrected chi connectivity index (χ1v) is 12.0. The Bertz CT molecular complexity index is 1460. The van der Waals surface area contributed by atoms with Gasteiger partial charge >= 0.3 is 0 Å². The maximum atomic E-state index is 12.1. The Labute approximate surface area is 187 Å². The lowest BCUT2D eigenvalue weighted by molar-refractivity contribution is 0.100. The summed E-state index contributed by atoms with van der Waals surface area (Å²) >= 11 is 0. The van der Waals surface area contributed by atoms with Crippen LogP contribution >= 0.6 is 0 Å². The summed E-state index contributed by atoms with van der Waals surface area (Å²) < 4.78 is 23.4. The smallest absolute Gasteiger partial charge is 0.250 e. The van der Waals surface area contributed by atoms with Gasteiger partial charge in [0.2, 0.25) is 0 Å². The van der Waals surface area contributed by atoms with Gasteiger partial charge in [0.25, 0.3) is 5.91 Å². The van der Waals surface area contributed by atoms with Crippen LogP contribution < -0.4 is 11.1 Å². The Kier molecular flexibility index (Phi) is 5.48. The van der Waals surface area contributed by atoms with E-state index in [0.717, 1.165) is 33.2 Å². The Morgan fingerprint density at radius 1 is 0.812 bits per heavy atom. The number of hydrogen-bond donors (Lipinski definition) is 2. The minimum atomic E-state index is -3.24. The van der Waals surface area contributed by atoms with Crippen LogP contribution in [0.4, 0.5) is 11.4 Å². The number of nitrogens with one attached hydrogen (secondary N) is 1. The SMILES string of the molecule is Cc1ccc(Nc2c(C(N)=O)ccc3cc(-c4ccc(S(C)(=O)=O)cc4)ccc23)cc1C. The van der Waals surface area contributed by atoms with E-state index in [1.165, 1.54) is 11.8 Å². The highest BCUT2D eigenvalue weighted by molar-refractivity contribution is 7.90. The molecule has 0 radical (unpaired) electrons. The second-order valence-corrected chi connectivity index (χ2v) is 10.0. The number of hydrogen-bond acceptors (Lipinski definition) is 4. The molecule has 4 rings (SSSR count). The van der Waals surface area contributed by atoms with Crippen LogP contribution in [0.25, 0.3) is 21.9 Å². The first kappa shape index (κ1) is 21.6. The predicted octanol–water partition coefficient (Wildman–Crippen LogP) is 5.37. The Morgan fingerprint density at radius 3 is 2.12 bits per heavy atom. The molecule has 0 bridgehead atoms. The van der Waals surface area contributed by atoms with Crippen LogP contribution in [0.1, 0.15) is 21.5 Å². The monoisotopic (exact) mass is 444 g/mol. The number of anilines is 2. The third-order valence-electron chi connectivity index (χ3n) is 5.68. The molecule has 4 aromatic rings. The van der Waals surface area contributed by atoms with E-state index in [1.54, 1.807) is 30.3 Å². The van der Waals surface area contributed by atoms with Crippen molar-refractivity contribution in [3.05, 3.63) is 89.5 Å². The third-order valence-corrected chi connectivity index (χ3v) is 6.81. The molecule has 0 aliphatic heterocycles. The zero-order chi connectivity index (χ0) is 23.0. The summed E-state index contributed by atoms with van der Waals surface area (Å²) in [6.45, 7) is 4.09. The zero-order valence-corrected chi connectivity index (χ0v) is 19.0. The molecule has 162 valence electrons. The van der Waals surface area contributed by atoms with Gasteiger partial charge in [-0.15, -0.1) is 0 Å². The van der Waals surface area contributed by atoms with Gasteiger partial charge < -0.3 is 11.1 Å². The standard InChI is InChI=1S/C26H24N2O3S/c1-16-4-9-21(14-17(16)2)28-25-23-12-7-19(15-20(23)8-13-24(25)26(27)29)18-5-10-22(11-6-18)32(3,30)31/h4-15,28H,1-3H3,(H2,27,29). The Morgan fingerprint density at radius 2 is 1.50 bits per heavy atom. The van der Waals surface area contributed by atoms with Crippen molar-refractivity contribution in [1.29, 1.82) is 0 Å². The molecule has 0 atom stereocenters. The summed E-state index contributed by atoms with van der Waals surface area (Å²) in [7, 11) is -3.24. The molecule has 0 aliphatic rings. The van der Waals surface area contributed by atoms with E-state index >= 15 is 0 Å². The highest BCUT2D eigenvalue weighted by Gasteiger charge is 2.14. The maximum absolute atomic E-state index is 12.1. The number of carbonyl (C=O) groups is 1. The number of primary amides is 1. The second kappa shape index (κ2) is 8.13. The van der Waals surface area contributed by atoms with Crippen LogP contribution in [0.3, 0.4) is 0 Å². The van der Waals surface area contributed by atoms with Gasteiger partial charge in [0.1, 0.15) is 0 Å². The number of aryl methyl sites for hydroxylation is 2. The maximum Gasteiger partial charge on any atom is 0.250 e. The van der Waals surface area contributed by atoms with Gasteiger partial charge in [-0.05, 0) is 77.9 Å². The largest absolute Gasteiger partial charge is 0.366 e. The van der Waals surface area contributed by atoms with Gasteiger partial charge in [-0.25, -0.2) is 8.42 Å². The summed E-state index contributed by atoms with van der Waals surface area (Å²) in [4.78, 5) is 12.4. The Balaban J connectivity index is 1.80. The second-order valence-electron chi connectivity index (χ2n) is 8.01.